The van der Waals surface area contributed by atoms with Crippen LogP contribution in [0.4, 0.5) is 5.69 Å². The third-order valence-electron chi connectivity index (χ3n) is 5.86. The standard InChI is InChI=1S/C25H32N2O4Si/c1-31-21-9-5-18(6-10-21)23(15-20(28)13-17-14-24(29)26-16-17)25(30)27-19-7-11-22(12-8-19)32(2,3)4/h5-12,17,23H,13-16H2,1-4H3,(H,26,29)(H,27,30). The van der Waals surface area contributed by atoms with Crippen LogP contribution in [0, 0.1) is 5.92 Å². The molecule has 32 heavy (non-hydrogen) atoms. The van der Waals surface area contributed by atoms with E-state index >= 15 is 0 Å². The van der Waals surface area contributed by atoms with E-state index in [1.807, 2.05) is 24.3 Å². The number of anilines is 1. The molecule has 7 heteroatoms. The van der Waals surface area contributed by atoms with Gasteiger partial charge in [0.25, 0.3) is 0 Å². The Bertz CT molecular complexity index is 965. The van der Waals surface area contributed by atoms with Crippen LogP contribution in [0.25, 0.3) is 0 Å². The molecule has 2 aromatic carbocycles. The van der Waals surface area contributed by atoms with E-state index in [0.717, 1.165) is 5.56 Å². The molecule has 1 aliphatic rings. The number of amides is 2. The van der Waals surface area contributed by atoms with E-state index in [9.17, 15) is 14.4 Å². The zero-order chi connectivity index (χ0) is 23.3. The first kappa shape index (κ1) is 23.7. The number of benzene rings is 2. The molecule has 1 fully saturated rings. The van der Waals surface area contributed by atoms with E-state index in [1.165, 1.54) is 5.19 Å². The van der Waals surface area contributed by atoms with Gasteiger partial charge < -0.3 is 15.4 Å². The van der Waals surface area contributed by atoms with Crippen LogP contribution >= 0.6 is 0 Å². The number of nitrogens with one attached hydrogen (secondary N) is 2. The second-order valence-corrected chi connectivity index (χ2v) is 14.5. The number of ether oxygens (including phenoxy) is 1. The van der Waals surface area contributed by atoms with Crippen molar-refractivity contribution < 1.29 is 19.1 Å². The summed E-state index contributed by atoms with van der Waals surface area (Å²) in [4.78, 5) is 37.4. The number of hydrogen-bond acceptors (Lipinski definition) is 4. The predicted octanol–water partition coefficient (Wildman–Crippen LogP) is 3.45. The van der Waals surface area contributed by atoms with Crippen LogP contribution in [0.3, 0.4) is 0 Å². The monoisotopic (exact) mass is 452 g/mol. The molecule has 170 valence electrons. The summed E-state index contributed by atoms with van der Waals surface area (Å²) in [5.74, 6) is -0.175. The summed E-state index contributed by atoms with van der Waals surface area (Å²) in [6.07, 6.45) is 0.758. The summed E-state index contributed by atoms with van der Waals surface area (Å²) in [6.45, 7) is 7.35. The molecule has 0 radical (unpaired) electrons. The summed E-state index contributed by atoms with van der Waals surface area (Å²) in [5, 5.41) is 7.06. The molecule has 2 atom stereocenters. The number of hydrogen-bond donors (Lipinski definition) is 2. The summed E-state index contributed by atoms with van der Waals surface area (Å²) >= 11 is 0. The van der Waals surface area contributed by atoms with Crippen LogP contribution in [-0.2, 0) is 14.4 Å². The molecule has 0 bridgehead atoms. The Morgan fingerprint density at radius 3 is 2.28 bits per heavy atom. The van der Waals surface area contributed by atoms with Gasteiger partial charge in [-0.1, -0.05) is 49.1 Å². The van der Waals surface area contributed by atoms with Crippen LogP contribution in [-0.4, -0.2) is 39.3 Å². The summed E-state index contributed by atoms with van der Waals surface area (Å²) in [7, 11) is 0.164. The molecule has 2 N–H and O–H groups in total. The zero-order valence-corrected chi connectivity index (χ0v) is 20.2. The minimum atomic E-state index is -1.42. The van der Waals surface area contributed by atoms with Crippen molar-refractivity contribution in [2.24, 2.45) is 5.92 Å². The summed E-state index contributed by atoms with van der Waals surface area (Å²) in [6, 6.07) is 15.2. The normalized spacial score (nSPS) is 16.9. The number of ketones is 1. The summed E-state index contributed by atoms with van der Waals surface area (Å²) < 4.78 is 5.22. The zero-order valence-electron chi connectivity index (χ0n) is 19.2. The van der Waals surface area contributed by atoms with Crippen LogP contribution < -0.4 is 20.6 Å². The van der Waals surface area contributed by atoms with Gasteiger partial charge >= 0.3 is 0 Å². The van der Waals surface area contributed by atoms with Crippen LogP contribution in [0.2, 0.25) is 19.6 Å². The predicted molar refractivity (Wildman–Crippen MR) is 129 cm³/mol. The fourth-order valence-corrected chi connectivity index (χ4v) is 5.09. The fourth-order valence-electron chi connectivity index (χ4n) is 3.92. The molecule has 0 saturated carbocycles. The molecule has 3 rings (SSSR count). The molecular weight excluding hydrogens is 420 g/mol. The second-order valence-electron chi connectivity index (χ2n) is 9.46. The van der Waals surface area contributed by atoms with Crippen LogP contribution in [0.15, 0.2) is 48.5 Å². The molecule has 0 aromatic heterocycles. The number of carbonyl (C=O) groups is 3. The molecule has 2 unspecified atom stereocenters. The first-order chi connectivity index (χ1) is 15.2. The minimum Gasteiger partial charge on any atom is -0.497 e. The van der Waals surface area contributed by atoms with Crippen molar-refractivity contribution in [1.29, 1.82) is 0 Å². The van der Waals surface area contributed by atoms with Crippen molar-refractivity contribution in [2.45, 2.75) is 44.8 Å². The highest BCUT2D eigenvalue weighted by Crippen LogP contribution is 2.27. The third kappa shape index (κ3) is 6.29. The van der Waals surface area contributed by atoms with Crippen molar-refractivity contribution in [3.63, 3.8) is 0 Å². The lowest BCUT2D eigenvalue weighted by atomic mass is 9.89. The SMILES string of the molecule is COc1ccc(C(CC(=O)CC2CNC(=O)C2)C(=O)Nc2ccc([Si](C)(C)C)cc2)cc1. The fraction of sp³-hybridized carbons (Fsp3) is 0.400. The largest absolute Gasteiger partial charge is 0.497 e. The van der Waals surface area contributed by atoms with Crippen molar-refractivity contribution in [1.82, 2.24) is 5.32 Å². The van der Waals surface area contributed by atoms with Crippen LogP contribution in [0.1, 0.15) is 30.7 Å². The molecule has 2 aromatic rings. The summed E-state index contributed by atoms with van der Waals surface area (Å²) in [5.41, 5.74) is 1.48. The maximum absolute atomic E-state index is 13.2. The smallest absolute Gasteiger partial charge is 0.232 e. The van der Waals surface area contributed by atoms with Crippen molar-refractivity contribution in [3.8, 4) is 5.75 Å². The molecule has 1 heterocycles. The van der Waals surface area contributed by atoms with Gasteiger partial charge in [0.15, 0.2) is 0 Å². The van der Waals surface area contributed by atoms with Crippen molar-refractivity contribution >= 4 is 36.5 Å². The average molecular weight is 453 g/mol. The molecule has 6 nitrogen and oxygen atoms in total. The third-order valence-corrected chi connectivity index (χ3v) is 7.93. The maximum Gasteiger partial charge on any atom is 0.232 e. The Kier molecular flexibility index (Phi) is 7.51. The molecule has 2 amide bonds. The highest BCUT2D eigenvalue weighted by molar-refractivity contribution is 6.88. The van der Waals surface area contributed by atoms with Crippen molar-refractivity contribution in [3.05, 3.63) is 54.1 Å². The van der Waals surface area contributed by atoms with Gasteiger partial charge in [0.2, 0.25) is 11.8 Å². The van der Waals surface area contributed by atoms with Gasteiger partial charge in [-0.05, 0) is 35.7 Å². The molecule has 1 aliphatic heterocycles. The highest BCUT2D eigenvalue weighted by atomic mass is 28.3. The molecule has 0 spiro atoms. The lowest BCUT2D eigenvalue weighted by molar-refractivity contribution is -0.124. The first-order valence-electron chi connectivity index (χ1n) is 11.0. The van der Waals surface area contributed by atoms with Crippen LogP contribution in [0.5, 0.6) is 5.75 Å². The topological polar surface area (TPSA) is 84.5 Å². The lowest BCUT2D eigenvalue weighted by Gasteiger charge is -2.19. The Morgan fingerprint density at radius 1 is 1.09 bits per heavy atom. The Labute approximate surface area is 190 Å². The lowest BCUT2D eigenvalue weighted by Crippen LogP contribution is -2.37. The van der Waals surface area contributed by atoms with Gasteiger partial charge in [-0.25, -0.2) is 0 Å². The Hall–Kier alpha value is -2.93. The van der Waals surface area contributed by atoms with Gasteiger partial charge in [0.05, 0.1) is 21.1 Å². The minimum absolute atomic E-state index is 0.00341. The van der Waals surface area contributed by atoms with E-state index in [2.05, 4.69) is 42.4 Å². The van der Waals surface area contributed by atoms with E-state index in [4.69, 9.17) is 4.74 Å². The Balaban J connectivity index is 1.75. The molecular formula is C25H32N2O4Si. The molecule has 0 aliphatic carbocycles. The van der Waals surface area contributed by atoms with Gasteiger partial charge in [0, 0.05) is 31.5 Å². The molecule has 1 saturated heterocycles. The number of Topliss-reactive ketones (excluding diaryl/α,β-unsaturated/α-hetero) is 1. The quantitative estimate of drug-likeness (QED) is 0.571. The van der Waals surface area contributed by atoms with Crippen molar-refractivity contribution in [2.75, 3.05) is 19.0 Å². The average Bonchev–Trinajstić information content (AvgIpc) is 3.16. The van der Waals surface area contributed by atoms with E-state index in [-0.39, 0.29) is 29.9 Å². The second kappa shape index (κ2) is 10.1. The van der Waals surface area contributed by atoms with Gasteiger partial charge in [0.1, 0.15) is 11.5 Å². The van der Waals surface area contributed by atoms with E-state index < -0.39 is 14.0 Å². The number of rotatable bonds is 9. The van der Waals surface area contributed by atoms with Gasteiger partial charge in [-0.3, -0.25) is 14.4 Å². The highest BCUT2D eigenvalue weighted by Gasteiger charge is 2.28. The van der Waals surface area contributed by atoms with E-state index in [1.54, 1.807) is 19.2 Å². The maximum atomic E-state index is 13.2. The Morgan fingerprint density at radius 2 is 1.75 bits per heavy atom. The van der Waals surface area contributed by atoms with Gasteiger partial charge in [-0.15, -0.1) is 0 Å². The number of methoxy groups -OCH3 is 1. The first-order valence-corrected chi connectivity index (χ1v) is 14.5. The number of carbonyl (C=O) groups excluding carboxylic acids is 3. The van der Waals surface area contributed by atoms with Gasteiger partial charge in [-0.2, -0.15) is 0 Å². The van der Waals surface area contributed by atoms with E-state index in [0.29, 0.717) is 30.8 Å².